The van der Waals surface area contributed by atoms with E-state index < -0.39 is 0 Å². The van der Waals surface area contributed by atoms with E-state index in [2.05, 4.69) is 25.2 Å². The van der Waals surface area contributed by atoms with Crippen molar-refractivity contribution in [2.24, 2.45) is 5.92 Å². The van der Waals surface area contributed by atoms with E-state index in [9.17, 15) is 0 Å². The van der Waals surface area contributed by atoms with Gasteiger partial charge in [0.15, 0.2) is 0 Å². The van der Waals surface area contributed by atoms with Gasteiger partial charge in [-0.1, -0.05) is 26.0 Å². The maximum absolute atomic E-state index is 8.66. The number of nitrogens with one attached hydrogen (secondary N) is 1. The van der Waals surface area contributed by atoms with E-state index in [1.807, 2.05) is 24.3 Å². The van der Waals surface area contributed by atoms with Crippen molar-refractivity contribution < 1.29 is 0 Å². The summed E-state index contributed by atoms with van der Waals surface area (Å²) in [5, 5.41) is 12.1. The van der Waals surface area contributed by atoms with E-state index in [1.165, 1.54) is 18.4 Å². The van der Waals surface area contributed by atoms with Crippen LogP contribution in [0.2, 0.25) is 0 Å². The first-order valence-corrected chi connectivity index (χ1v) is 5.92. The molecule has 2 heteroatoms. The molecule has 0 unspecified atom stereocenters. The van der Waals surface area contributed by atoms with Gasteiger partial charge in [-0.2, -0.15) is 5.26 Å². The Kier molecular flexibility index (Phi) is 5.60. The van der Waals surface area contributed by atoms with Crippen LogP contribution in [0, 0.1) is 17.2 Å². The van der Waals surface area contributed by atoms with Gasteiger partial charge in [-0.15, -0.1) is 0 Å². The molecule has 0 bridgehead atoms. The Bertz CT molecular complexity index is 333. The van der Waals surface area contributed by atoms with Crippen molar-refractivity contribution in [2.75, 3.05) is 6.54 Å². The lowest BCUT2D eigenvalue weighted by Gasteiger charge is -2.06. The van der Waals surface area contributed by atoms with Crippen LogP contribution in [0.1, 0.15) is 37.8 Å². The van der Waals surface area contributed by atoms with Gasteiger partial charge in [-0.3, -0.25) is 0 Å². The first-order valence-electron chi connectivity index (χ1n) is 5.92. The van der Waals surface area contributed by atoms with Crippen LogP contribution < -0.4 is 5.32 Å². The molecule has 1 rings (SSSR count). The zero-order chi connectivity index (χ0) is 11.8. The van der Waals surface area contributed by atoms with Crippen molar-refractivity contribution >= 4 is 0 Å². The molecule has 0 aliphatic carbocycles. The van der Waals surface area contributed by atoms with Crippen molar-refractivity contribution in [1.82, 2.24) is 5.32 Å². The monoisotopic (exact) mass is 216 g/mol. The molecule has 0 spiro atoms. The van der Waals surface area contributed by atoms with Crippen molar-refractivity contribution in [3.63, 3.8) is 0 Å². The molecule has 0 saturated heterocycles. The van der Waals surface area contributed by atoms with E-state index in [-0.39, 0.29) is 0 Å². The molecule has 0 saturated carbocycles. The average Bonchev–Trinajstić information content (AvgIpc) is 2.29. The zero-order valence-corrected chi connectivity index (χ0v) is 10.2. The summed E-state index contributed by atoms with van der Waals surface area (Å²) < 4.78 is 0. The van der Waals surface area contributed by atoms with Crippen LogP contribution in [0.3, 0.4) is 0 Å². The van der Waals surface area contributed by atoms with Gasteiger partial charge < -0.3 is 5.32 Å². The number of benzene rings is 1. The van der Waals surface area contributed by atoms with E-state index >= 15 is 0 Å². The highest BCUT2D eigenvalue weighted by atomic mass is 14.8. The summed E-state index contributed by atoms with van der Waals surface area (Å²) in [5.41, 5.74) is 1.96. The van der Waals surface area contributed by atoms with Crippen LogP contribution in [-0.2, 0) is 6.54 Å². The third-order valence-electron chi connectivity index (χ3n) is 2.55. The van der Waals surface area contributed by atoms with Gasteiger partial charge in [0.25, 0.3) is 0 Å². The lowest BCUT2D eigenvalue weighted by molar-refractivity contribution is 0.527. The zero-order valence-electron chi connectivity index (χ0n) is 10.2. The third-order valence-corrected chi connectivity index (χ3v) is 2.55. The molecule has 0 fully saturated rings. The molecule has 1 aromatic rings. The molecule has 0 aromatic heterocycles. The fraction of sp³-hybridized carbons (Fsp3) is 0.500. The number of nitrogens with zero attached hydrogens (tertiary/aromatic N) is 1. The minimum atomic E-state index is 0.726. The van der Waals surface area contributed by atoms with Gasteiger partial charge in [0.1, 0.15) is 0 Å². The molecule has 0 heterocycles. The molecule has 1 aromatic carbocycles. The van der Waals surface area contributed by atoms with Crippen LogP contribution >= 0.6 is 0 Å². The quantitative estimate of drug-likeness (QED) is 0.742. The van der Waals surface area contributed by atoms with Gasteiger partial charge in [0.05, 0.1) is 11.6 Å². The predicted molar refractivity (Wildman–Crippen MR) is 66.9 cm³/mol. The first kappa shape index (κ1) is 12.7. The van der Waals surface area contributed by atoms with E-state index in [0.717, 1.165) is 24.6 Å². The van der Waals surface area contributed by atoms with Crippen LogP contribution in [0.15, 0.2) is 24.3 Å². The Morgan fingerprint density at radius 3 is 2.50 bits per heavy atom. The highest BCUT2D eigenvalue weighted by Crippen LogP contribution is 2.04. The number of rotatable bonds is 6. The van der Waals surface area contributed by atoms with E-state index in [4.69, 9.17) is 5.26 Å². The number of hydrogen-bond acceptors (Lipinski definition) is 2. The lowest BCUT2D eigenvalue weighted by Crippen LogP contribution is -2.15. The Labute approximate surface area is 98.3 Å². The molecule has 0 radical (unpaired) electrons. The molecule has 0 aliphatic heterocycles. The molecule has 16 heavy (non-hydrogen) atoms. The summed E-state index contributed by atoms with van der Waals surface area (Å²) in [7, 11) is 0. The summed E-state index contributed by atoms with van der Waals surface area (Å²) in [4.78, 5) is 0. The fourth-order valence-corrected chi connectivity index (χ4v) is 1.57. The lowest BCUT2D eigenvalue weighted by atomic mass is 10.1. The predicted octanol–water partition coefficient (Wildman–Crippen LogP) is 3.08. The Balaban J connectivity index is 2.20. The molecule has 0 atom stereocenters. The Morgan fingerprint density at radius 2 is 1.94 bits per heavy atom. The number of hydrogen-bond donors (Lipinski definition) is 1. The second-order valence-corrected chi connectivity index (χ2v) is 4.52. The SMILES string of the molecule is CC(C)CCCNCc1ccc(C#N)cc1. The molecular formula is C14H20N2. The summed E-state index contributed by atoms with van der Waals surface area (Å²) in [6.45, 7) is 6.46. The van der Waals surface area contributed by atoms with Crippen LogP contribution in [0.5, 0.6) is 0 Å². The maximum atomic E-state index is 8.66. The smallest absolute Gasteiger partial charge is 0.0991 e. The van der Waals surface area contributed by atoms with Crippen LogP contribution in [0.25, 0.3) is 0 Å². The molecule has 2 nitrogen and oxygen atoms in total. The summed E-state index contributed by atoms with van der Waals surface area (Å²) >= 11 is 0. The second kappa shape index (κ2) is 7.03. The highest BCUT2D eigenvalue weighted by molar-refractivity contribution is 5.31. The van der Waals surface area contributed by atoms with Gasteiger partial charge in [0, 0.05) is 6.54 Å². The second-order valence-electron chi connectivity index (χ2n) is 4.52. The molecule has 1 N–H and O–H groups in total. The van der Waals surface area contributed by atoms with Crippen molar-refractivity contribution in [3.05, 3.63) is 35.4 Å². The topological polar surface area (TPSA) is 35.8 Å². The Morgan fingerprint density at radius 1 is 1.25 bits per heavy atom. The third kappa shape index (κ3) is 4.95. The fourth-order valence-electron chi connectivity index (χ4n) is 1.57. The summed E-state index contributed by atoms with van der Waals surface area (Å²) in [6.07, 6.45) is 2.51. The summed E-state index contributed by atoms with van der Waals surface area (Å²) in [6, 6.07) is 9.87. The molecule has 86 valence electrons. The molecule has 0 aliphatic rings. The molecule has 0 amide bonds. The van der Waals surface area contributed by atoms with E-state index in [1.54, 1.807) is 0 Å². The minimum absolute atomic E-state index is 0.726. The van der Waals surface area contributed by atoms with E-state index in [0.29, 0.717) is 0 Å². The van der Waals surface area contributed by atoms with Crippen molar-refractivity contribution in [3.8, 4) is 6.07 Å². The van der Waals surface area contributed by atoms with Gasteiger partial charge in [-0.25, -0.2) is 0 Å². The standard InChI is InChI=1S/C14H20N2/c1-12(2)4-3-9-16-11-14-7-5-13(10-15)6-8-14/h5-8,12,16H,3-4,9,11H2,1-2H3. The molecular weight excluding hydrogens is 196 g/mol. The average molecular weight is 216 g/mol. The maximum Gasteiger partial charge on any atom is 0.0991 e. The first-order chi connectivity index (χ1) is 7.72. The van der Waals surface area contributed by atoms with Gasteiger partial charge >= 0.3 is 0 Å². The van der Waals surface area contributed by atoms with Crippen LogP contribution in [-0.4, -0.2) is 6.54 Å². The van der Waals surface area contributed by atoms with Crippen LogP contribution in [0.4, 0.5) is 0 Å². The number of nitriles is 1. The minimum Gasteiger partial charge on any atom is -0.313 e. The van der Waals surface area contributed by atoms with Gasteiger partial charge in [-0.05, 0) is 43.0 Å². The normalized spacial score (nSPS) is 10.4. The van der Waals surface area contributed by atoms with Gasteiger partial charge in [0.2, 0.25) is 0 Å². The largest absolute Gasteiger partial charge is 0.313 e. The Hall–Kier alpha value is -1.33. The summed E-state index contributed by atoms with van der Waals surface area (Å²) in [5.74, 6) is 0.789. The highest BCUT2D eigenvalue weighted by Gasteiger charge is 1.95. The van der Waals surface area contributed by atoms with Crippen molar-refractivity contribution in [1.29, 1.82) is 5.26 Å². The van der Waals surface area contributed by atoms with Crippen molar-refractivity contribution in [2.45, 2.75) is 33.2 Å².